The summed E-state index contributed by atoms with van der Waals surface area (Å²) in [4.78, 5) is 22.9. The first-order valence-corrected chi connectivity index (χ1v) is 7.07. The van der Waals surface area contributed by atoms with Crippen molar-refractivity contribution in [3.05, 3.63) is 28.2 Å². The number of hydrogen-bond acceptors (Lipinski definition) is 4. The van der Waals surface area contributed by atoms with Crippen molar-refractivity contribution in [1.29, 1.82) is 0 Å². The summed E-state index contributed by atoms with van der Waals surface area (Å²) in [5.41, 5.74) is -0.142. The van der Waals surface area contributed by atoms with Crippen LogP contribution in [0.2, 0.25) is 0 Å². The van der Waals surface area contributed by atoms with E-state index in [-0.39, 0.29) is 12.2 Å². The molecule has 0 bridgehead atoms. The number of phenols is 1. The molecule has 1 aromatic rings. The maximum atomic E-state index is 11.7. The molecule has 1 amide bonds. The van der Waals surface area contributed by atoms with Gasteiger partial charge in [0.1, 0.15) is 17.4 Å². The second kappa shape index (κ2) is 6.80. The van der Waals surface area contributed by atoms with Crippen LogP contribution in [0, 0.1) is 0 Å². The summed E-state index contributed by atoms with van der Waals surface area (Å²) in [5.74, 6) is -1.16. The molecule has 0 radical (unpaired) electrons. The topological polar surface area (TPSA) is 95.9 Å². The van der Waals surface area contributed by atoms with E-state index in [0.29, 0.717) is 10.0 Å². The molecule has 0 aromatic heterocycles. The number of carbonyl (C=O) groups excluding carboxylic acids is 1. The molecule has 7 heteroatoms. The van der Waals surface area contributed by atoms with Gasteiger partial charge in [0.25, 0.3) is 0 Å². The minimum atomic E-state index is -1.18. The highest BCUT2D eigenvalue weighted by molar-refractivity contribution is 9.10. The predicted octanol–water partition coefficient (Wildman–Crippen LogP) is 2.68. The zero-order chi connectivity index (χ0) is 16.2. The summed E-state index contributed by atoms with van der Waals surface area (Å²) in [5, 5.41) is 20.9. The summed E-state index contributed by atoms with van der Waals surface area (Å²) in [6.45, 7) is 5.07. The number of amides is 1. The van der Waals surface area contributed by atoms with Crippen molar-refractivity contribution >= 4 is 28.0 Å². The Hall–Kier alpha value is -1.76. The SMILES string of the molecule is CC(C)(C)OC(=O)NC(Cc1cc(O)ccc1Br)C(=O)O. The number of carboxylic acid groups (broad SMARTS) is 1. The van der Waals surface area contributed by atoms with Crippen molar-refractivity contribution in [1.82, 2.24) is 5.32 Å². The lowest BCUT2D eigenvalue weighted by Gasteiger charge is -2.22. The number of carbonyl (C=O) groups is 2. The van der Waals surface area contributed by atoms with Crippen molar-refractivity contribution in [2.24, 2.45) is 0 Å². The first kappa shape index (κ1) is 17.3. The number of alkyl carbamates (subject to hydrolysis) is 1. The van der Waals surface area contributed by atoms with Gasteiger partial charge in [-0.2, -0.15) is 0 Å². The van der Waals surface area contributed by atoms with Crippen molar-refractivity contribution in [2.75, 3.05) is 0 Å². The maximum Gasteiger partial charge on any atom is 0.408 e. The molecule has 0 saturated heterocycles. The number of benzene rings is 1. The van der Waals surface area contributed by atoms with Crippen LogP contribution in [-0.2, 0) is 16.0 Å². The third-order valence-corrected chi connectivity index (χ3v) is 3.22. The molecule has 6 nitrogen and oxygen atoms in total. The van der Waals surface area contributed by atoms with Crippen LogP contribution in [0.3, 0.4) is 0 Å². The number of hydrogen-bond donors (Lipinski definition) is 3. The molecular formula is C14H18BrNO5. The van der Waals surface area contributed by atoms with Gasteiger partial charge in [0.15, 0.2) is 0 Å². The Morgan fingerprint density at radius 1 is 1.38 bits per heavy atom. The fourth-order valence-corrected chi connectivity index (χ4v) is 2.00. The Morgan fingerprint density at radius 3 is 2.52 bits per heavy atom. The standard InChI is InChI=1S/C14H18BrNO5/c1-14(2,3)21-13(20)16-11(12(18)19)7-8-6-9(17)4-5-10(8)15/h4-6,11,17H,7H2,1-3H3,(H,16,20)(H,18,19). The number of aliphatic carboxylic acids is 1. The van der Waals surface area contributed by atoms with Crippen LogP contribution in [0.25, 0.3) is 0 Å². The van der Waals surface area contributed by atoms with Crippen LogP contribution < -0.4 is 5.32 Å². The van der Waals surface area contributed by atoms with Crippen LogP contribution in [0.1, 0.15) is 26.3 Å². The molecule has 0 saturated carbocycles. The van der Waals surface area contributed by atoms with Crippen molar-refractivity contribution in [3.63, 3.8) is 0 Å². The van der Waals surface area contributed by atoms with Crippen molar-refractivity contribution < 1.29 is 24.5 Å². The van der Waals surface area contributed by atoms with Gasteiger partial charge in [-0.25, -0.2) is 9.59 Å². The van der Waals surface area contributed by atoms with Gasteiger partial charge >= 0.3 is 12.1 Å². The summed E-state index contributed by atoms with van der Waals surface area (Å²) in [6.07, 6.45) is -0.782. The van der Waals surface area contributed by atoms with E-state index in [1.807, 2.05) is 0 Å². The van der Waals surface area contributed by atoms with Gasteiger partial charge in [0, 0.05) is 10.9 Å². The molecule has 0 aliphatic rings. The highest BCUT2D eigenvalue weighted by atomic mass is 79.9. The molecule has 1 atom stereocenters. The molecule has 1 aromatic carbocycles. The molecule has 116 valence electrons. The Bertz CT molecular complexity index is 539. The highest BCUT2D eigenvalue weighted by Gasteiger charge is 2.24. The van der Waals surface area contributed by atoms with Crippen LogP contribution >= 0.6 is 15.9 Å². The fourth-order valence-electron chi connectivity index (χ4n) is 1.59. The lowest BCUT2D eigenvalue weighted by molar-refractivity contribution is -0.139. The Kier molecular flexibility index (Phi) is 5.60. The van der Waals surface area contributed by atoms with Gasteiger partial charge in [-0.15, -0.1) is 0 Å². The number of aromatic hydroxyl groups is 1. The predicted molar refractivity (Wildman–Crippen MR) is 80.3 cm³/mol. The van der Waals surface area contributed by atoms with E-state index in [4.69, 9.17) is 4.74 Å². The minimum Gasteiger partial charge on any atom is -0.508 e. The molecule has 1 unspecified atom stereocenters. The van der Waals surface area contributed by atoms with E-state index in [1.54, 1.807) is 26.8 Å². The number of rotatable bonds is 4. The van der Waals surface area contributed by atoms with Gasteiger partial charge in [-0.1, -0.05) is 15.9 Å². The summed E-state index contributed by atoms with van der Waals surface area (Å²) < 4.78 is 5.69. The zero-order valence-electron chi connectivity index (χ0n) is 12.0. The lowest BCUT2D eigenvalue weighted by Crippen LogP contribution is -2.44. The molecular weight excluding hydrogens is 342 g/mol. The first-order valence-electron chi connectivity index (χ1n) is 6.28. The number of nitrogens with one attached hydrogen (secondary N) is 1. The monoisotopic (exact) mass is 359 g/mol. The number of phenolic OH excluding ortho intramolecular Hbond substituents is 1. The van der Waals surface area contributed by atoms with Crippen LogP contribution in [0.4, 0.5) is 4.79 Å². The zero-order valence-corrected chi connectivity index (χ0v) is 13.6. The molecule has 0 aliphatic carbocycles. The number of ether oxygens (including phenoxy) is 1. The average molecular weight is 360 g/mol. The Morgan fingerprint density at radius 2 is 2.00 bits per heavy atom. The van der Waals surface area contributed by atoms with Gasteiger partial charge in [-0.05, 0) is 44.5 Å². The van der Waals surface area contributed by atoms with Crippen LogP contribution in [0.15, 0.2) is 22.7 Å². The van der Waals surface area contributed by atoms with E-state index in [2.05, 4.69) is 21.2 Å². The van der Waals surface area contributed by atoms with Gasteiger partial charge in [0.05, 0.1) is 0 Å². The van der Waals surface area contributed by atoms with E-state index in [9.17, 15) is 19.8 Å². The van der Waals surface area contributed by atoms with Crippen molar-refractivity contribution in [3.8, 4) is 5.75 Å². The normalized spacial score (nSPS) is 12.6. The molecule has 0 heterocycles. The van der Waals surface area contributed by atoms with Gasteiger partial charge in [-0.3, -0.25) is 0 Å². The number of carboxylic acids is 1. The second-order valence-electron chi connectivity index (χ2n) is 5.52. The summed E-state index contributed by atoms with van der Waals surface area (Å²) >= 11 is 3.28. The third-order valence-electron chi connectivity index (χ3n) is 2.44. The van der Waals surface area contributed by atoms with Gasteiger partial charge < -0.3 is 20.3 Å². The smallest absolute Gasteiger partial charge is 0.408 e. The first-order chi connectivity index (χ1) is 9.58. The van der Waals surface area contributed by atoms with Crippen LogP contribution in [0.5, 0.6) is 5.75 Å². The summed E-state index contributed by atoms with van der Waals surface area (Å²) in [7, 11) is 0. The van der Waals surface area contributed by atoms with E-state index < -0.39 is 23.7 Å². The van der Waals surface area contributed by atoms with E-state index in [1.165, 1.54) is 12.1 Å². The molecule has 0 fully saturated rings. The molecule has 0 aliphatic heterocycles. The number of halogens is 1. The molecule has 0 spiro atoms. The van der Waals surface area contributed by atoms with Crippen LogP contribution in [-0.4, -0.2) is 33.9 Å². The molecule has 3 N–H and O–H groups in total. The summed E-state index contributed by atoms with van der Waals surface area (Å²) in [6, 6.07) is 3.37. The molecule has 21 heavy (non-hydrogen) atoms. The largest absolute Gasteiger partial charge is 0.508 e. The fraction of sp³-hybridized carbons (Fsp3) is 0.429. The highest BCUT2D eigenvalue weighted by Crippen LogP contribution is 2.23. The van der Waals surface area contributed by atoms with E-state index >= 15 is 0 Å². The molecule has 1 rings (SSSR count). The third kappa shape index (κ3) is 6.03. The average Bonchev–Trinajstić information content (AvgIpc) is 2.30. The minimum absolute atomic E-state index is 0.0174. The Labute approximate surface area is 131 Å². The second-order valence-corrected chi connectivity index (χ2v) is 6.37. The van der Waals surface area contributed by atoms with Gasteiger partial charge in [0.2, 0.25) is 0 Å². The lowest BCUT2D eigenvalue weighted by atomic mass is 10.1. The Balaban J connectivity index is 2.81. The maximum absolute atomic E-state index is 11.7. The quantitative estimate of drug-likeness (QED) is 0.767. The van der Waals surface area contributed by atoms with Crippen molar-refractivity contribution in [2.45, 2.75) is 38.8 Å². The van der Waals surface area contributed by atoms with E-state index in [0.717, 1.165) is 0 Å².